The summed E-state index contributed by atoms with van der Waals surface area (Å²) in [5.41, 5.74) is 7.89. The number of benzene rings is 1. The molecule has 4 atom stereocenters. The molecule has 7 heteroatoms. The summed E-state index contributed by atoms with van der Waals surface area (Å²) in [6, 6.07) is 6.55. The van der Waals surface area contributed by atoms with Crippen molar-refractivity contribution in [1.82, 2.24) is 15.5 Å². The first kappa shape index (κ1) is 18.9. The summed E-state index contributed by atoms with van der Waals surface area (Å²) >= 11 is 0. The molecule has 0 bridgehead atoms. The van der Waals surface area contributed by atoms with E-state index in [-0.39, 0.29) is 30.2 Å². The van der Waals surface area contributed by atoms with Crippen LogP contribution in [0.2, 0.25) is 0 Å². The summed E-state index contributed by atoms with van der Waals surface area (Å²) < 4.78 is 0. The summed E-state index contributed by atoms with van der Waals surface area (Å²) in [7, 11) is 0. The van der Waals surface area contributed by atoms with Crippen LogP contribution in [0, 0.1) is 5.41 Å². The highest BCUT2D eigenvalue weighted by atomic mass is 16.2. The van der Waals surface area contributed by atoms with E-state index in [1.807, 2.05) is 26.0 Å². The Morgan fingerprint density at radius 3 is 2.82 bits per heavy atom. The van der Waals surface area contributed by atoms with Crippen molar-refractivity contribution in [2.75, 3.05) is 0 Å². The van der Waals surface area contributed by atoms with Gasteiger partial charge in [-0.15, -0.1) is 0 Å². The third-order valence-corrected chi connectivity index (χ3v) is 6.31. The molecule has 0 spiro atoms. The lowest BCUT2D eigenvalue weighted by Crippen LogP contribution is -2.57. The van der Waals surface area contributed by atoms with Crippen LogP contribution in [-0.4, -0.2) is 40.9 Å². The second kappa shape index (κ2) is 6.88. The van der Waals surface area contributed by atoms with E-state index in [1.165, 1.54) is 10.5 Å². The van der Waals surface area contributed by atoms with Crippen LogP contribution in [0.25, 0.3) is 0 Å². The van der Waals surface area contributed by atoms with Gasteiger partial charge in [0.05, 0.1) is 18.5 Å². The maximum atomic E-state index is 13.4. The zero-order valence-electron chi connectivity index (χ0n) is 16.4. The number of fused-ring (bicyclic) bond motifs is 2. The Hall–Kier alpha value is -2.41. The fourth-order valence-corrected chi connectivity index (χ4v) is 5.03. The summed E-state index contributed by atoms with van der Waals surface area (Å²) in [4.78, 5) is 39.8. The van der Waals surface area contributed by atoms with Crippen LogP contribution in [0.15, 0.2) is 24.3 Å². The summed E-state index contributed by atoms with van der Waals surface area (Å²) in [6.45, 7) is 3.93. The lowest BCUT2D eigenvalue weighted by molar-refractivity contribution is -0.143. The standard InChI is InChI=1S/C21H28N4O3/c1-21(2)11-16-24-17(26)10-14(22)20(28)25(16)18(21)19(27)23-15-9-5-7-12-6-3-4-8-13(12)15/h3-4,6,8,14-16,18H,5,7,9-11,22H2,1-2H3,(H,23,27)(H,24,26)/t14-,15+,16+,18?/m0/s1. The van der Waals surface area contributed by atoms with Crippen molar-refractivity contribution in [3.8, 4) is 0 Å². The van der Waals surface area contributed by atoms with E-state index >= 15 is 0 Å². The molecular weight excluding hydrogens is 356 g/mol. The molecule has 0 saturated carbocycles. The first-order chi connectivity index (χ1) is 13.3. The zero-order chi connectivity index (χ0) is 20.1. The number of carbonyl (C=O) groups excluding carboxylic acids is 3. The average molecular weight is 384 g/mol. The molecule has 7 nitrogen and oxygen atoms in total. The number of nitrogens with one attached hydrogen (secondary N) is 2. The largest absolute Gasteiger partial charge is 0.347 e. The minimum Gasteiger partial charge on any atom is -0.347 e. The molecule has 3 amide bonds. The molecule has 28 heavy (non-hydrogen) atoms. The maximum absolute atomic E-state index is 13.4. The predicted molar refractivity (Wildman–Crippen MR) is 104 cm³/mol. The van der Waals surface area contributed by atoms with E-state index < -0.39 is 23.7 Å². The molecule has 1 aromatic rings. The van der Waals surface area contributed by atoms with Crippen LogP contribution in [0.1, 0.15) is 56.7 Å². The normalized spacial score (nSPS) is 31.5. The number of hydrogen-bond acceptors (Lipinski definition) is 4. The Balaban J connectivity index is 1.61. The maximum Gasteiger partial charge on any atom is 0.243 e. The molecule has 1 unspecified atom stereocenters. The number of nitrogens with two attached hydrogens (primary N) is 1. The van der Waals surface area contributed by atoms with Crippen LogP contribution in [0.4, 0.5) is 0 Å². The topological polar surface area (TPSA) is 105 Å². The van der Waals surface area contributed by atoms with Gasteiger partial charge in [0.25, 0.3) is 0 Å². The van der Waals surface area contributed by atoms with Crippen molar-refractivity contribution >= 4 is 17.7 Å². The number of nitrogens with zero attached hydrogens (tertiary/aromatic N) is 1. The number of hydrogen-bond donors (Lipinski definition) is 3. The van der Waals surface area contributed by atoms with Gasteiger partial charge in [-0.2, -0.15) is 0 Å². The lowest BCUT2D eigenvalue weighted by Gasteiger charge is -2.35. The Kier molecular flexibility index (Phi) is 4.65. The van der Waals surface area contributed by atoms with E-state index in [2.05, 4.69) is 22.8 Å². The van der Waals surface area contributed by atoms with Gasteiger partial charge < -0.3 is 21.3 Å². The fraction of sp³-hybridized carbons (Fsp3) is 0.571. The van der Waals surface area contributed by atoms with E-state index in [9.17, 15) is 14.4 Å². The van der Waals surface area contributed by atoms with Crippen LogP contribution < -0.4 is 16.4 Å². The van der Waals surface area contributed by atoms with Gasteiger partial charge in [-0.3, -0.25) is 14.4 Å². The Morgan fingerprint density at radius 1 is 1.29 bits per heavy atom. The molecule has 150 valence electrons. The van der Waals surface area contributed by atoms with Crippen LogP contribution >= 0.6 is 0 Å². The van der Waals surface area contributed by atoms with Crippen LogP contribution in [-0.2, 0) is 20.8 Å². The van der Waals surface area contributed by atoms with Gasteiger partial charge in [0, 0.05) is 0 Å². The quantitative estimate of drug-likeness (QED) is 0.707. The van der Waals surface area contributed by atoms with Gasteiger partial charge in [0.1, 0.15) is 12.2 Å². The first-order valence-electron chi connectivity index (χ1n) is 10.0. The van der Waals surface area contributed by atoms with Gasteiger partial charge >= 0.3 is 0 Å². The summed E-state index contributed by atoms with van der Waals surface area (Å²) in [5.74, 6) is -0.754. The molecule has 2 fully saturated rings. The summed E-state index contributed by atoms with van der Waals surface area (Å²) in [6.07, 6.45) is 2.90. The monoisotopic (exact) mass is 384 g/mol. The average Bonchev–Trinajstić information content (AvgIpc) is 2.85. The Morgan fingerprint density at radius 2 is 2.04 bits per heavy atom. The summed E-state index contributed by atoms with van der Waals surface area (Å²) in [5, 5.41) is 6.05. The van der Waals surface area contributed by atoms with Crippen molar-refractivity contribution in [1.29, 1.82) is 0 Å². The van der Waals surface area contributed by atoms with E-state index in [0.29, 0.717) is 6.42 Å². The molecule has 4 rings (SSSR count). The number of carbonyl (C=O) groups is 3. The molecule has 2 aliphatic heterocycles. The van der Waals surface area contributed by atoms with Crippen molar-refractivity contribution in [2.24, 2.45) is 11.1 Å². The second-order valence-corrected chi connectivity index (χ2v) is 8.89. The highest BCUT2D eigenvalue weighted by Gasteiger charge is 2.54. The Bertz CT molecular complexity index is 822. The zero-order valence-corrected chi connectivity index (χ0v) is 16.4. The molecule has 2 saturated heterocycles. The van der Waals surface area contributed by atoms with Crippen LogP contribution in [0.3, 0.4) is 0 Å². The highest BCUT2D eigenvalue weighted by Crippen LogP contribution is 2.41. The van der Waals surface area contributed by atoms with Gasteiger partial charge in [0.2, 0.25) is 17.7 Å². The van der Waals surface area contributed by atoms with Gasteiger partial charge in [-0.1, -0.05) is 38.1 Å². The molecule has 1 aliphatic carbocycles. The smallest absolute Gasteiger partial charge is 0.243 e. The molecule has 1 aromatic carbocycles. The number of rotatable bonds is 2. The lowest BCUT2D eigenvalue weighted by atomic mass is 9.82. The minimum atomic E-state index is -0.912. The van der Waals surface area contributed by atoms with Crippen molar-refractivity contribution in [3.05, 3.63) is 35.4 Å². The first-order valence-corrected chi connectivity index (χ1v) is 10.0. The molecule has 0 radical (unpaired) electrons. The molecule has 3 aliphatic rings. The molecule has 2 heterocycles. The molecule has 0 aromatic heterocycles. The van der Waals surface area contributed by atoms with Gasteiger partial charge in [-0.05, 0) is 42.2 Å². The minimum absolute atomic E-state index is 0.0450. The fourth-order valence-electron chi connectivity index (χ4n) is 5.03. The molecular formula is C21H28N4O3. The van der Waals surface area contributed by atoms with Crippen molar-refractivity contribution in [3.63, 3.8) is 0 Å². The van der Waals surface area contributed by atoms with Crippen LogP contribution in [0.5, 0.6) is 0 Å². The van der Waals surface area contributed by atoms with E-state index in [0.717, 1.165) is 24.8 Å². The highest BCUT2D eigenvalue weighted by molar-refractivity contribution is 5.95. The van der Waals surface area contributed by atoms with Crippen molar-refractivity contribution < 1.29 is 14.4 Å². The Labute approximate surface area is 165 Å². The van der Waals surface area contributed by atoms with Crippen molar-refractivity contribution in [2.45, 2.75) is 70.2 Å². The second-order valence-electron chi connectivity index (χ2n) is 8.89. The number of amides is 3. The van der Waals surface area contributed by atoms with E-state index in [4.69, 9.17) is 5.73 Å². The predicted octanol–water partition coefficient (Wildman–Crippen LogP) is 0.981. The third-order valence-electron chi connectivity index (χ3n) is 6.31. The molecule has 4 N–H and O–H groups in total. The number of aryl methyl sites for hydroxylation is 1. The van der Waals surface area contributed by atoms with Gasteiger partial charge in [0.15, 0.2) is 0 Å². The van der Waals surface area contributed by atoms with Gasteiger partial charge in [-0.25, -0.2) is 0 Å². The SMILES string of the molecule is CC1(C)C[C@@H]2NC(=O)C[C@H](N)C(=O)N2C1C(=O)N[C@@H]1CCCc2ccccc21. The van der Waals surface area contributed by atoms with E-state index in [1.54, 1.807) is 0 Å². The third kappa shape index (κ3) is 3.17.